The van der Waals surface area contributed by atoms with Gasteiger partial charge in [0.2, 0.25) is 11.7 Å². The Bertz CT molecular complexity index is 931. The summed E-state index contributed by atoms with van der Waals surface area (Å²) in [5.41, 5.74) is 2.98. The van der Waals surface area contributed by atoms with Gasteiger partial charge in [-0.05, 0) is 36.1 Å². The maximum Gasteiger partial charge on any atom is 0.251 e. The van der Waals surface area contributed by atoms with Crippen LogP contribution in [0.4, 0.5) is 0 Å². The Morgan fingerprint density at radius 2 is 1.96 bits per heavy atom. The van der Waals surface area contributed by atoms with Gasteiger partial charge in [0.15, 0.2) is 0 Å². The number of nitrogens with zero attached hydrogens (tertiary/aromatic N) is 2. The number of rotatable bonds is 6. The summed E-state index contributed by atoms with van der Waals surface area (Å²) < 4.78 is 5.29. The molecule has 6 heteroatoms. The molecule has 0 aliphatic heterocycles. The number of aromatic nitrogens is 2. The molecular formula is C20H19N3O3. The molecule has 1 saturated carbocycles. The fourth-order valence-electron chi connectivity index (χ4n) is 2.81. The van der Waals surface area contributed by atoms with Crippen molar-refractivity contribution in [1.29, 1.82) is 0 Å². The predicted octanol–water partition coefficient (Wildman–Crippen LogP) is 3.04. The van der Waals surface area contributed by atoms with Crippen molar-refractivity contribution in [2.45, 2.75) is 31.9 Å². The van der Waals surface area contributed by atoms with E-state index in [-0.39, 0.29) is 12.5 Å². The van der Waals surface area contributed by atoms with Crippen molar-refractivity contribution in [1.82, 2.24) is 15.5 Å². The molecule has 0 radical (unpaired) electrons. The molecule has 4 rings (SSSR count). The van der Waals surface area contributed by atoms with Crippen molar-refractivity contribution >= 4 is 5.91 Å². The molecule has 1 amide bonds. The number of amides is 1. The lowest BCUT2D eigenvalue weighted by molar-refractivity contribution is 0.0950. The molecular weight excluding hydrogens is 330 g/mol. The number of carbonyl (C=O) groups is 1. The highest BCUT2D eigenvalue weighted by atomic mass is 16.5. The van der Waals surface area contributed by atoms with Gasteiger partial charge in [0.25, 0.3) is 5.91 Å². The van der Waals surface area contributed by atoms with Gasteiger partial charge < -0.3 is 14.9 Å². The second kappa shape index (κ2) is 7.09. The first-order valence-corrected chi connectivity index (χ1v) is 8.64. The Balaban J connectivity index is 1.47. The number of hydrogen-bond donors (Lipinski definition) is 2. The second-order valence-corrected chi connectivity index (χ2v) is 6.42. The monoisotopic (exact) mass is 349 g/mol. The number of aliphatic hydroxyl groups is 1. The number of hydrogen-bond acceptors (Lipinski definition) is 5. The summed E-state index contributed by atoms with van der Waals surface area (Å²) in [7, 11) is 0. The minimum atomic E-state index is -0.189. The highest BCUT2D eigenvalue weighted by Crippen LogP contribution is 2.39. The maximum atomic E-state index is 12.5. The topological polar surface area (TPSA) is 88.2 Å². The van der Waals surface area contributed by atoms with Gasteiger partial charge in [-0.15, -0.1) is 0 Å². The van der Waals surface area contributed by atoms with E-state index in [1.807, 2.05) is 30.3 Å². The van der Waals surface area contributed by atoms with Crippen molar-refractivity contribution in [2.75, 3.05) is 0 Å². The third kappa shape index (κ3) is 3.50. The van der Waals surface area contributed by atoms with E-state index in [0.717, 1.165) is 29.5 Å². The average Bonchev–Trinajstić information content (AvgIpc) is 3.43. The first-order chi connectivity index (χ1) is 12.7. The summed E-state index contributed by atoms with van der Waals surface area (Å²) in [6.07, 6.45) is 2.19. The van der Waals surface area contributed by atoms with Crippen LogP contribution in [-0.4, -0.2) is 21.2 Å². The van der Waals surface area contributed by atoms with Crippen molar-refractivity contribution in [3.63, 3.8) is 0 Å². The van der Waals surface area contributed by atoms with Crippen LogP contribution in [0.5, 0.6) is 0 Å². The van der Waals surface area contributed by atoms with E-state index >= 15 is 0 Å². The molecule has 1 fully saturated rings. The lowest BCUT2D eigenvalue weighted by atomic mass is 10.1. The van der Waals surface area contributed by atoms with Crippen LogP contribution < -0.4 is 5.32 Å². The van der Waals surface area contributed by atoms with Crippen molar-refractivity contribution in [3.8, 4) is 11.4 Å². The molecule has 0 atom stereocenters. The van der Waals surface area contributed by atoms with E-state index in [9.17, 15) is 9.90 Å². The number of aliphatic hydroxyl groups excluding tert-OH is 1. The lowest BCUT2D eigenvalue weighted by Crippen LogP contribution is -2.23. The molecule has 0 bridgehead atoms. The average molecular weight is 349 g/mol. The molecule has 1 aromatic heterocycles. The largest absolute Gasteiger partial charge is 0.392 e. The summed E-state index contributed by atoms with van der Waals surface area (Å²) >= 11 is 0. The van der Waals surface area contributed by atoms with Gasteiger partial charge in [-0.2, -0.15) is 4.98 Å². The van der Waals surface area contributed by atoms with E-state index in [2.05, 4.69) is 15.5 Å². The Hall–Kier alpha value is -2.99. The molecule has 2 aromatic carbocycles. The molecule has 1 heterocycles. The molecule has 26 heavy (non-hydrogen) atoms. The standard InChI is InChI=1S/C20H19N3O3/c24-12-17-5-2-1-4-16(17)11-21-19(25)15-7-3-6-14(10-15)18-22-20(26-23-18)13-8-9-13/h1-7,10,13,24H,8-9,11-12H2,(H,21,25). The normalized spacial score (nSPS) is 13.6. The van der Waals surface area contributed by atoms with Gasteiger partial charge in [0.1, 0.15) is 0 Å². The Morgan fingerprint density at radius 1 is 1.15 bits per heavy atom. The van der Waals surface area contributed by atoms with Crippen LogP contribution in [0.15, 0.2) is 53.1 Å². The quantitative estimate of drug-likeness (QED) is 0.714. The zero-order valence-electron chi connectivity index (χ0n) is 14.2. The molecule has 0 spiro atoms. The number of carbonyl (C=O) groups excluding carboxylic acids is 1. The van der Waals surface area contributed by atoms with E-state index in [1.54, 1.807) is 18.2 Å². The summed E-state index contributed by atoms with van der Waals surface area (Å²) in [5, 5.41) is 16.3. The number of benzene rings is 2. The van der Waals surface area contributed by atoms with E-state index < -0.39 is 0 Å². The smallest absolute Gasteiger partial charge is 0.251 e. The van der Waals surface area contributed by atoms with Crippen molar-refractivity contribution in [3.05, 3.63) is 71.1 Å². The van der Waals surface area contributed by atoms with Gasteiger partial charge in [-0.1, -0.05) is 41.6 Å². The fraction of sp³-hybridized carbons (Fsp3) is 0.250. The molecule has 1 aliphatic carbocycles. The van der Waals surface area contributed by atoms with Crippen molar-refractivity contribution < 1.29 is 14.4 Å². The molecule has 1 aliphatic rings. The Labute approximate surface area is 150 Å². The summed E-state index contributed by atoms with van der Waals surface area (Å²) in [6.45, 7) is 0.302. The minimum Gasteiger partial charge on any atom is -0.392 e. The third-order valence-corrected chi connectivity index (χ3v) is 4.48. The van der Waals surface area contributed by atoms with Gasteiger partial charge in [-0.25, -0.2) is 0 Å². The van der Waals surface area contributed by atoms with Crippen LogP contribution in [0.1, 0.15) is 46.1 Å². The molecule has 132 valence electrons. The zero-order valence-corrected chi connectivity index (χ0v) is 14.2. The fourth-order valence-corrected chi connectivity index (χ4v) is 2.81. The van der Waals surface area contributed by atoms with Crippen LogP contribution in [-0.2, 0) is 13.2 Å². The summed E-state index contributed by atoms with van der Waals surface area (Å²) in [5.74, 6) is 1.39. The first kappa shape index (κ1) is 16.5. The van der Waals surface area contributed by atoms with E-state index in [0.29, 0.717) is 29.7 Å². The Kier molecular flexibility index (Phi) is 4.50. The van der Waals surface area contributed by atoms with E-state index in [1.165, 1.54) is 0 Å². The predicted molar refractivity (Wildman–Crippen MR) is 95.2 cm³/mol. The lowest BCUT2D eigenvalue weighted by Gasteiger charge is -2.09. The van der Waals surface area contributed by atoms with Crippen molar-refractivity contribution in [2.24, 2.45) is 0 Å². The molecule has 0 unspecified atom stereocenters. The maximum absolute atomic E-state index is 12.5. The van der Waals surface area contributed by atoms with Gasteiger partial charge in [0, 0.05) is 23.6 Å². The third-order valence-electron chi connectivity index (χ3n) is 4.48. The van der Waals surface area contributed by atoms with Crippen LogP contribution in [0.3, 0.4) is 0 Å². The molecule has 2 N–H and O–H groups in total. The second-order valence-electron chi connectivity index (χ2n) is 6.42. The molecule has 3 aromatic rings. The van der Waals surface area contributed by atoms with Gasteiger partial charge in [-0.3, -0.25) is 4.79 Å². The van der Waals surface area contributed by atoms with Crippen LogP contribution in [0.25, 0.3) is 11.4 Å². The van der Waals surface area contributed by atoms with Crippen LogP contribution >= 0.6 is 0 Å². The summed E-state index contributed by atoms with van der Waals surface area (Å²) in [6, 6.07) is 14.7. The van der Waals surface area contributed by atoms with Gasteiger partial charge in [0.05, 0.1) is 6.61 Å². The van der Waals surface area contributed by atoms with E-state index in [4.69, 9.17) is 4.52 Å². The minimum absolute atomic E-state index is 0.0529. The number of nitrogens with one attached hydrogen (secondary N) is 1. The Morgan fingerprint density at radius 3 is 2.73 bits per heavy atom. The highest BCUT2D eigenvalue weighted by Gasteiger charge is 2.29. The summed E-state index contributed by atoms with van der Waals surface area (Å²) in [4.78, 5) is 16.9. The van der Waals surface area contributed by atoms with Gasteiger partial charge >= 0.3 is 0 Å². The highest BCUT2D eigenvalue weighted by molar-refractivity contribution is 5.95. The molecule has 0 saturated heterocycles. The SMILES string of the molecule is O=C(NCc1ccccc1CO)c1cccc(-c2noc(C3CC3)n2)c1. The van der Waals surface area contributed by atoms with Crippen LogP contribution in [0, 0.1) is 0 Å². The molecule has 6 nitrogen and oxygen atoms in total. The first-order valence-electron chi connectivity index (χ1n) is 8.64. The van der Waals surface area contributed by atoms with Crippen LogP contribution in [0.2, 0.25) is 0 Å². The zero-order chi connectivity index (χ0) is 17.9.